The number of benzene rings is 1. The van der Waals surface area contributed by atoms with Crippen LogP contribution in [0, 0.1) is 0 Å². The summed E-state index contributed by atoms with van der Waals surface area (Å²) in [6.07, 6.45) is 6.11. The summed E-state index contributed by atoms with van der Waals surface area (Å²) >= 11 is 0. The molecule has 1 saturated heterocycles. The maximum atomic E-state index is 12.7. The van der Waals surface area contributed by atoms with Crippen LogP contribution in [-0.2, 0) is 22.7 Å². The standard InChI is InChI=1S/C21H24N4O2/c26-21(10-13-25-16-23-19-8-1-2-9-20(19)25)24-12-5-7-18(14-24)27-15-17-6-3-4-11-22-17/h1-4,6,8-9,11,16,18H,5,7,10,12-15H2/t18-/m1/s1. The molecule has 3 heterocycles. The Morgan fingerprint density at radius 3 is 2.93 bits per heavy atom. The van der Waals surface area contributed by atoms with Crippen LogP contribution in [0.15, 0.2) is 55.0 Å². The second-order valence-corrected chi connectivity index (χ2v) is 6.91. The zero-order valence-electron chi connectivity index (χ0n) is 15.3. The molecule has 0 aliphatic carbocycles. The molecule has 1 fully saturated rings. The highest BCUT2D eigenvalue weighted by atomic mass is 16.5. The van der Waals surface area contributed by atoms with Gasteiger partial charge in [-0.2, -0.15) is 0 Å². The van der Waals surface area contributed by atoms with Crippen molar-refractivity contribution in [1.82, 2.24) is 19.4 Å². The quantitative estimate of drug-likeness (QED) is 0.675. The molecule has 0 spiro atoms. The lowest BCUT2D eigenvalue weighted by atomic mass is 10.1. The predicted molar refractivity (Wildman–Crippen MR) is 103 cm³/mol. The van der Waals surface area contributed by atoms with Gasteiger partial charge in [-0.3, -0.25) is 9.78 Å². The van der Waals surface area contributed by atoms with E-state index in [0.29, 0.717) is 26.1 Å². The molecule has 6 nitrogen and oxygen atoms in total. The number of aryl methyl sites for hydroxylation is 1. The van der Waals surface area contributed by atoms with Gasteiger partial charge in [-0.15, -0.1) is 0 Å². The predicted octanol–water partition coefficient (Wildman–Crippen LogP) is 3.03. The van der Waals surface area contributed by atoms with E-state index in [0.717, 1.165) is 36.1 Å². The Morgan fingerprint density at radius 1 is 1.15 bits per heavy atom. The van der Waals surface area contributed by atoms with E-state index < -0.39 is 0 Å². The van der Waals surface area contributed by atoms with E-state index in [-0.39, 0.29) is 12.0 Å². The van der Waals surface area contributed by atoms with Crippen LogP contribution >= 0.6 is 0 Å². The van der Waals surface area contributed by atoms with Gasteiger partial charge in [0.05, 0.1) is 35.8 Å². The van der Waals surface area contributed by atoms with E-state index in [1.807, 2.05) is 58.3 Å². The Balaban J connectivity index is 1.29. The maximum absolute atomic E-state index is 12.7. The minimum absolute atomic E-state index is 0.0822. The molecule has 1 aliphatic rings. The first-order chi connectivity index (χ1) is 13.3. The Morgan fingerprint density at radius 2 is 2.04 bits per heavy atom. The van der Waals surface area contributed by atoms with E-state index in [2.05, 4.69) is 9.97 Å². The van der Waals surface area contributed by atoms with Gasteiger partial charge in [-0.25, -0.2) is 4.98 Å². The number of carbonyl (C=O) groups is 1. The van der Waals surface area contributed by atoms with Gasteiger partial charge in [-0.1, -0.05) is 18.2 Å². The highest BCUT2D eigenvalue weighted by Crippen LogP contribution is 2.17. The Bertz CT molecular complexity index is 893. The lowest BCUT2D eigenvalue weighted by molar-refractivity contribution is -0.135. The summed E-state index contributed by atoms with van der Waals surface area (Å²) in [5.74, 6) is 0.180. The van der Waals surface area contributed by atoms with Crippen LogP contribution in [0.1, 0.15) is 25.0 Å². The van der Waals surface area contributed by atoms with Gasteiger partial charge in [0, 0.05) is 32.3 Å². The number of pyridine rings is 1. The third-order valence-electron chi connectivity index (χ3n) is 5.02. The number of aromatic nitrogens is 3. The zero-order valence-corrected chi connectivity index (χ0v) is 15.3. The van der Waals surface area contributed by atoms with Crippen molar-refractivity contribution in [2.75, 3.05) is 13.1 Å². The number of amides is 1. The number of nitrogens with zero attached hydrogens (tertiary/aromatic N) is 4. The molecule has 1 atom stereocenters. The number of piperidine rings is 1. The molecule has 27 heavy (non-hydrogen) atoms. The summed E-state index contributed by atoms with van der Waals surface area (Å²) in [5.41, 5.74) is 2.96. The number of hydrogen-bond donors (Lipinski definition) is 0. The number of para-hydroxylation sites is 2. The average Bonchev–Trinajstić information content (AvgIpc) is 3.15. The third kappa shape index (κ3) is 4.34. The molecular formula is C21H24N4O2. The SMILES string of the molecule is O=C(CCn1cnc2ccccc21)N1CCC[C@@H](OCc2ccccn2)C1. The molecule has 2 aromatic heterocycles. The summed E-state index contributed by atoms with van der Waals surface area (Å²) in [6, 6.07) is 13.8. The molecule has 0 saturated carbocycles. The summed E-state index contributed by atoms with van der Waals surface area (Å²) in [6.45, 7) is 2.62. The van der Waals surface area contributed by atoms with Gasteiger partial charge in [0.1, 0.15) is 0 Å². The molecule has 140 valence electrons. The van der Waals surface area contributed by atoms with Crippen LogP contribution in [0.5, 0.6) is 0 Å². The topological polar surface area (TPSA) is 60.2 Å². The number of fused-ring (bicyclic) bond motifs is 1. The Kier molecular flexibility index (Phi) is 5.44. The summed E-state index contributed by atoms with van der Waals surface area (Å²) < 4.78 is 8.03. The van der Waals surface area contributed by atoms with Gasteiger partial charge in [0.15, 0.2) is 0 Å². The van der Waals surface area contributed by atoms with E-state index in [4.69, 9.17) is 4.74 Å². The molecule has 1 aliphatic heterocycles. The fourth-order valence-electron chi connectivity index (χ4n) is 3.55. The van der Waals surface area contributed by atoms with Gasteiger partial charge in [-0.05, 0) is 37.1 Å². The highest BCUT2D eigenvalue weighted by molar-refractivity contribution is 5.77. The molecule has 0 unspecified atom stereocenters. The summed E-state index contributed by atoms with van der Waals surface area (Å²) in [7, 11) is 0. The van der Waals surface area contributed by atoms with Crippen LogP contribution in [0.3, 0.4) is 0 Å². The van der Waals surface area contributed by atoms with E-state index in [1.165, 1.54) is 0 Å². The fourth-order valence-corrected chi connectivity index (χ4v) is 3.55. The van der Waals surface area contributed by atoms with Crippen molar-refractivity contribution in [3.63, 3.8) is 0 Å². The molecule has 1 amide bonds. The van der Waals surface area contributed by atoms with Crippen LogP contribution in [-0.4, -0.2) is 44.5 Å². The smallest absolute Gasteiger partial charge is 0.224 e. The minimum atomic E-state index is 0.0822. The molecule has 6 heteroatoms. The molecular weight excluding hydrogens is 340 g/mol. The number of hydrogen-bond acceptors (Lipinski definition) is 4. The lowest BCUT2D eigenvalue weighted by Gasteiger charge is -2.32. The largest absolute Gasteiger partial charge is 0.370 e. The van der Waals surface area contributed by atoms with Crippen LogP contribution in [0.4, 0.5) is 0 Å². The number of rotatable bonds is 6. The first-order valence-electron chi connectivity index (χ1n) is 9.49. The van der Waals surface area contributed by atoms with Crippen molar-refractivity contribution in [3.05, 3.63) is 60.7 Å². The second-order valence-electron chi connectivity index (χ2n) is 6.91. The molecule has 0 radical (unpaired) electrons. The summed E-state index contributed by atoms with van der Waals surface area (Å²) in [4.78, 5) is 23.3. The average molecular weight is 364 g/mol. The first kappa shape index (κ1) is 17.7. The first-order valence-corrected chi connectivity index (χ1v) is 9.49. The van der Waals surface area contributed by atoms with Crippen molar-refractivity contribution in [2.45, 2.75) is 38.5 Å². The van der Waals surface area contributed by atoms with E-state index in [9.17, 15) is 4.79 Å². The van der Waals surface area contributed by atoms with Gasteiger partial charge in [0.25, 0.3) is 0 Å². The highest BCUT2D eigenvalue weighted by Gasteiger charge is 2.24. The Labute approximate surface area is 158 Å². The van der Waals surface area contributed by atoms with Crippen molar-refractivity contribution in [1.29, 1.82) is 0 Å². The van der Waals surface area contributed by atoms with Crippen molar-refractivity contribution in [3.8, 4) is 0 Å². The van der Waals surface area contributed by atoms with E-state index >= 15 is 0 Å². The van der Waals surface area contributed by atoms with E-state index in [1.54, 1.807) is 6.20 Å². The van der Waals surface area contributed by atoms with Gasteiger partial charge >= 0.3 is 0 Å². The van der Waals surface area contributed by atoms with Gasteiger partial charge < -0.3 is 14.2 Å². The van der Waals surface area contributed by atoms with Crippen LogP contribution in [0.2, 0.25) is 0 Å². The van der Waals surface area contributed by atoms with Crippen molar-refractivity contribution in [2.24, 2.45) is 0 Å². The monoisotopic (exact) mass is 364 g/mol. The normalized spacial score (nSPS) is 17.3. The lowest BCUT2D eigenvalue weighted by Crippen LogP contribution is -2.43. The third-order valence-corrected chi connectivity index (χ3v) is 5.02. The maximum Gasteiger partial charge on any atom is 0.224 e. The Hall–Kier alpha value is -2.73. The summed E-state index contributed by atoms with van der Waals surface area (Å²) in [5, 5.41) is 0. The second kappa shape index (κ2) is 8.31. The minimum Gasteiger partial charge on any atom is -0.370 e. The van der Waals surface area contributed by atoms with Crippen LogP contribution in [0.25, 0.3) is 11.0 Å². The molecule has 4 rings (SSSR count). The van der Waals surface area contributed by atoms with Gasteiger partial charge in [0.2, 0.25) is 5.91 Å². The zero-order chi connectivity index (χ0) is 18.5. The molecule has 0 N–H and O–H groups in total. The molecule has 1 aromatic carbocycles. The fraction of sp³-hybridized carbons (Fsp3) is 0.381. The van der Waals surface area contributed by atoms with Crippen molar-refractivity contribution >= 4 is 16.9 Å². The number of imidazole rings is 1. The number of likely N-dealkylation sites (tertiary alicyclic amines) is 1. The molecule has 0 bridgehead atoms. The van der Waals surface area contributed by atoms with Crippen LogP contribution < -0.4 is 0 Å². The number of ether oxygens (including phenoxy) is 1. The molecule has 3 aromatic rings. The number of carbonyl (C=O) groups excluding carboxylic acids is 1. The van der Waals surface area contributed by atoms with Crippen molar-refractivity contribution < 1.29 is 9.53 Å².